The Labute approximate surface area is 108 Å². The first-order chi connectivity index (χ1) is 8.32. The lowest BCUT2D eigenvalue weighted by Crippen LogP contribution is -2.34. The van der Waals surface area contributed by atoms with Gasteiger partial charge in [-0.15, -0.1) is 0 Å². The van der Waals surface area contributed by atoms with Gasteiger partial charge < -0.3 is 10.6 Å². The average Bonchev–Trinajstić information content (AvgIpc) is 2.24. The zero-order chi connectivity index (χ0) is 13.9. The summed E-state index contributed by atoms with van der Waals surface area (Å²) in [5.41, 5.74) is 6.83. The average molecular weight is 251 g/mol. The van der Waals surface area contributed by atoms with Crippen LogP contribution >= 0.6 is 0 Å². The molecular formula is C13H21N3O2. The van der Waals surface area contributed by atoms with E-state index in [0.717, 1.165) is 12.2 Å². The maximum absolute atomic E-state index is 10.7. The van der Waals surface area contributed by atoms with Gasteiger partial charge >= 0.3 is 0 Å². The first-order valence-corrected chi connectivity index (χ1v) is 6.13. The van der Waals surface area contributed by atoms with Crippen molar-refractivity contribution in [3.05, 3.63) is 28.3 Å². The molecule has 2 N–H and O–H groups in total. The smallest absolute Gasteiger partial charge is 0.292 e. The Hall–Kier alpha value is -1.78. The van der Waals surface area contributed by atoms with Crippen LogP contribution in [-0.2, 0) is 0 Å². The molecule has 0 bridgehead atoms. The highest BCUT2D eigenvalue weighted by Gasteiger charge is 2.16. The Kier molecular flexibility index (Phi) is 4.53. The zero-order valence-corrected chi connectivity index (χ0v) is 11.4. The third-order valence-electron chi connectivity index (χ3n) is 2.72. The van der Waals surface area contributed by atoms with Gasteiger partial charge in [0.05, 0.1) is 4.92 Å². The molecule has 1 aromatic rings. The van der Waals surface area contributed by atoms with Crippen molar-refractivity contribution in [3.8, 4) is 0 Å². The van der Waals surface area contributed by atoms with Crippen molar-refractivity contribution >= 4 is 17.1 Å². The molecule has 0 spiro atoms. The minimum Gasteiger partial charge on any atom is -0.393 e. The first-order valence-electron chi connectivity index (χ1n) is 6.13. The van der Waals surface area contributed by atoms with E-state index in [0.29, 0.717) is 12.0 Å². The molecule has 5 nitrogen and oxygen atoms in total. The molecule has 100 valence electrons. The number of hydrogen-bond donors (Lipinski definition) is 1. The monoisotopic (exact) mass is 251 g/mol. The van der Waals surface area contributed by atoms with Crippen molar-refractivity contribution in [2.45, 2.75) is 33.7 Å². The summed E-state index contributed by atoms with van der Waals surface area (Å²) in [6, 6.07) is 5.24. The molecule has 18 heavy (non-hydrogen) atoms. The summed E-state index contributed by atoms with van der Waals surface area (Å²) < 4.78 is 0. The molecule has 0 unspecified atom stereocenters. The van der Waals surface area contributed by atoms with E-state index < -0.39 is 4.92 Å². The molecule has 0 aliphatic carbocycles. The van der Waals surface area contributed by atoms with E-state index in [1.54, 1.807) is 12.1 Å². The lowest BCUT2D eigenvalue weighted by molar-refractivity contribution is -0.383. The van der Waals surface area contributed by atoms with Crippen LogP contribution in [0.1, 0.15) is 27.7 Å². The highest BCUT2D eigenvalue weighted by molar-refractivity contribution is 5.66. The van der Waals surface area contributed by atoms with Crippen LogP contribution in [0.3, 0.4) is 0 Å². The summed E-state index contributed by atoms with van der Waals surface area (Å²) in [4.78, 5) is 12.5. The van der Waals surface area contributed by atoms with E-state index in [9.17, 15) is 10.1 Å². The van der Waals surface area contributed by atoms with Gasteiger partial charge in [-0.3, -0.25) is 10.1 Å². The highest BCUT2D eigenvalue weighted by atomic mass is 16.6. The van der Waals surface area contributed by atoms with Gasteiger partial charge in [0.25, 0.3) is 5.69 Å². The molecular weight excluding hydrogens is 230 g/mol. The normalized spacial score (nSPS) is 11.0. The number of nitrogen functional groups attached to an aromatic ring is 1. The van der Waals surface area contributed by atoms with Gasteiger partial charge in [-0.2, -0.15) is 0 Å². The van der Waals surface area contributed by atoms with E-state index in [2.05, 4.69) is 32.6 Å². The van der Waals surface area contributed by atoms with Gasteiger partial charge in [-0.25, -0.2) is 0 Å². The van der Waals surface area contributed by atoms with Gasteiger partial charge in [0.15, 0.2) is 0 Å². The summed E-state index contributed by atoms with van der Waals surface area (Å²) in [6.07, 6.45) is 0. The fourth-order valence-electron chi connectivity index (χ4n) is 1.89. The topological polar surface area (TPSA) is 72.4 Å². The van der Waals surface area contributed by atoms with Gasteiger partial charge in [0, 0.05) is 24.3 Å². The van der Waals surface area contributed by atoms with Crippen LogP contribution in [0.25, 0.3) is 0 Å². The minimum atomic E-state index is -0.457. The summed E-state index contributed by atoms with van der Waals surface area (Å²) in [5, 5.41) is 10.7. The third kappa shape index (κ3) is 3.35. The molecule has 0 fully saturated rings. The Balaban J connectivity index is 3.07. The lowest BCUT2D eigenvalue weighted by Gasteiger charge is -2.30. The molecule has 0 aliphatic rings. The fraction of sp³-hybridized carbons (Fsp3) is 0.538. The Morgan fingerprint density at radius 3 is 2.33 bits per heavy atom. The molecule has 0 atom stereocenters. The van der Waals surface area contributed by atoms with E-state index >= 15 is 0 Å². The fourth-order valence-corrected chi connectivity index (χ4v) is 1.89. The SMILES string of the molecule is CC(C)CN(c1ccc([N+](=O)[O-])c(N)c1)C(C)C. The second-order valence-corrected chi connectivity index (χ2v) is 5.14. The van der Waals surface area contributed by atoms with E-state index in [4.69, 9.17) is 5.73 Å². The van der Waals surface area contributed by atoms with Crippen LogP contribution in [0, 0.1) is 16.0 Å². The maximum Gasteiger partial charge on any atom is 0.292 e. The van der Waals surface area contributed by atoms with Crippen molar-refractivity contribution in [3.63, 3.8) is 0 Å². The largest absolute Gasteiger partial charge is 0.393 e. The number of nitro benzene ring substituents is 1. The standard InChI is InChI=1S/C13H21N3O2/c1-9(2)8-15(10(3)4)11-5-6-13(16(17)18)12(14)7-11/h5-7,9-10H,8,14H2,1-4H3. The molecule has 0 radical (unpaired) electrons. The number of nitro groups is 1. The summed E-state index contributed by atoms with van der Waals surface area (Å²) in [6.45, 7) is 9.38. The molecule has 5 heteroatoms. The minimum absolute atomic E-state index is 0.0352. The quantitative estimate of drug-likeness (QED) is 0.496. The van der Waals surface area contributed by atoms with Gasteiger partial charge in [0.2, 0.25) is 0 Å². The van der Waals surface area contributed by atoms with Crippen LogP contribution in [0.15, 0.2) is 18.2 Å². The van der Waals surface area contributed by atoms with Crippen molar-refractivity contribution in [1.29, 1.82) is 0 Å². The van der Waals surface area contributed by atoms with Crippen molar-refractivity contribution < 1.29 is 4.92 Å². The van der Waals surface area contributed by atoms with Crippen molar-refractivity contribution in [2.75, 3.05) is 17.2 Å². The van der Waals surface area contributed by atoms with E-state index in [-0.39, 0.29) is 11.4 Å². The van der Waals surface area contributed by atoms with Crippen LogP contribution in [-0.4, -0.2) is 17.5 Å². The van der Waals surface area contributed by atoms with Crippen molar-refractivity contribution in [1.82, 2.24) is 0 Å². The highest BCUT2D eigenvalue weighted by Crippen LogP contribution is 2.28. The molecule has 0 heterocycles. The Morgan fingerprint density at radius 1 is 1.33 bits per heavy atom. The third-order valence-corrected chi connectivity index (χ3v) is 2.72. The van der Waals surface area contributed by atoms with E-state index in [1.165, 1.54) is 6.07 Å². The first kappa shape index (κ1) is 14.3. The number of anilines is 2. The Bertz CT molecular complexity index is 430. The number of benzene rings is 1. The molecule has 1 aromatic carbocycles. The zero-order valence-electron chi connectivity index (χ0n) is 11.4. The van der Waals surface area contributed by atoms with Gasteiger partial charge in [0.1, 0.15) is 5.69 Å². The summed E-state index contributed by atoms with van der Waals surface area (Å²) in [5.74, 6) is 0.517. The van der Waals surface area contributed by atoms with Crippen LogP contribution in [0.4, 0.5) is 17.1 Å². The number of hydrogen-bond acceptors (Lipinski definition) is 4. The second-order valence-electron chi connectivity index (χ2n) is 5.14. The van der Waals surface area contributed by atoms with E-state index in [1.807, 2.05) is 0 Å². The van der Waals surface area contributed by atoms with Gasteiger partial charge in [-0.1, -0.05) is 13.8 Å². The predicted molar refractivity (Wildman–Crippen MR) is 74.8 cm³/mol. The summed E-state index contributed by atoms with van der Waals surface area (Å²) in [7, 11) is 0. The molecule has 0 aromatic heterocycles. The number of rotatable bonds is 5. The molecule has 0 saturated carbocycles. The molecule has 0 saturated heterocycles. The molecule has 1 rings (SSSR count). The Morgan fingerprint density at radius 2 is 1.94 bits per heavy atom. The molecule has 0 amide bonds. The van der Waals surface area contributed by atoms with Crippen molar-refractivity contribution in [2.24, 2.45) is 5.92 Å². The number of nitrogens with zero attached hydrogens (tertiary/aromatic N) is 2. The number of nitrogens with two attached hydrogens (primary N) is 1. The second kappa shape index (κ2) is 5.71. The van der Waals surface area contributed by atoms with Gasteiger partial charge in [-0.05, 0) is 31.9 Å². The lowest BCUT2D eigenvalue weighted by atomic mass is 10.1. The molecule has 0 aliphatic heterocycles. The maximum atomic E-state index is 10.7. The van der Waals surface area contributed by atoms with Crippen LogP contribution in [0.2, 0.25) is 0 Å². The van der Waals surface area contributed by atoms with Crippen LogP contribution < -0.4 is 10.6 Å². The predicted octanol–water partition coefficient (Wildman–Crippen LogP) is 3.05. The van der Waals surface area contributed by atoms with Crippen LogP contribution in [0.5, 0.6) is 0 Å². The summed E-state index contributed by atoms with van der Waals surface area (Å²) >= 11 is 0.